The summed E-state index contributed by atoms with van der Waals surface area (Å²) < 4.78 is 5.29. The number of benzene rings is 2. The van der Waals surface area contributed by atoms with Crippen molar-refractivity contribution >= 4 is 17.3 Å². The summed E-state index contributed by atoms with van der Waals surface area (Å²) in [7, 11) is 1.55. The Kier molecular flexibility index (Phi) is 5.36. The number of ether oxygens (including phenoxy) is 1. The van der Waals surface area contributed by atoms with Gasteiger partial charge in [-0.25, -0.2) is 0 Å². The third-order valence-corrected chi connectivity index (χ3v) is 4.54. The first-order valence-corrected chi connectivity index (χ1v) is 8.52. The highest BCUT2D eigenvalue weighted by Gasteiger charge is 2.25. The minimum atomic E-state index is -0.363. The maximum Gasteiger partial charge on any atom is 0.292 e. The first-order valence-electron chi connectivity index (χ1n) is 8.52. The molecular weight excluding hydrogens is 334 g/mol. The van der Waals surface area contributed by atoms with Crippen molar-refractivity contribution in [2.24, 2.45) is 0 Å². The molecule has 7 nitrogen and oxygen atoms in total. The van der Waals surface area contributed by atoms with Gasteiger partial charge in [-0.15, -0.1) is 0 Å². The van der Waals surface area contributed by atoms with Crippen LogP contribution in [-0.2, 0) is 0 Å². The molecule has 1 saturated heterocycles. The molecule has 0 bridgehead atoms. The predicted molar refractivity (Wildman–Crippen MR) is 98.8 cm³/mol. The van der Waals surface area contributed by atoms with Gasteiger partial charge in [0, 0.05) is 32.2 Å². The molecule has 2 aromatic rings. The number of amides is 1. The topological polar surface area (TPSA) is 75.9 Å². The first kappa shape index (κ1) is 17.7. The Morgan fingerprint density at radius 3 is 2.54 bits per heavy atom. The van der Waals surface area contributed by atoms with Crippen LogP contribution in [0.5, 0.6) is 5.75 Å². The second kappa shape index (κ2) is 7.86. The van der Waals surface area contributed by atoms with Gasteiger partial charge >= 0.3 is 0 Å². The number of nitrogens with zero attached hydrogens (tertiary/aromatic N) is 3. The molecule has 3 rings (SSSR count). The zero-order chi connectivity index (χ0) is 18.5. The van der Waals surface area contributed by atoms with Crippen molar-refractivity contribution < 1.29 is 14.5 Å². The number of carbonyl (C=O) groups is 1. The van der Waals surface area contributed by atoms with Crippen LogP contribution in [0.15, 0.2) is 48.5 Å². The first-order chi connectivity index (χ1) is 12.6. The van der Waals surface area contributed by atoms with Crippen molar-refractivity contribution in [1.29, 1.82) is 0 Å². The van der Waals surface area contributed by atoms with E-state index < -0.39 is 0 Å². The fraction of sp³-hybridized carbons (Fsp3) is 0.316. The second-order valence-corrected chi connectivity index (χ2v) is 6.08. The number of methoxy groups -OCH3 is 1. The smallest absolute Gasteiger partial charge is 0.292 e. The third kappa shape index (κ3) is 3.61. The molecule has 26 heavy (non-hydrogen) atoms. The summed E-state index contributed by atoms with van der Waals surface area (Å²) in [6, 6.07) is 13.9. The van der Waals surface area contributed by atoms with E-state index >= 15 is 0 Å². The second-order valence-electron chi connectivity index (χ2n) is 6.08. The van der Waals surface area contributed by atoms with Crippen molar-refractivity contribution in [3.63, 3.8) is 0 Å². The lowest BCUT2D eigenvalue weighted by molar-refractivity contribution is -0.384. The van der Waals surface area contributed by atoms with Gasteiger partial charge in [-0.1, -0.05) is 24.3 Å². The maximum absolute atomic E-state index is 12.9. The van der Waals surface area contributed by atoms with Crippen molar-refractivity contribution in [3.8, 4) is 5.75 Å². The molecular formula is C19H21N3O4. The Balaban J connectivity index is 1.77. The number of hydrogen-bond donors (Lipinski definition) is 0. The number of anilines is 1. The Labute approximate surface area is 151 Å². The molecule has 0 atom stereocenters. The Hall–Kier alpha value is -3.09. The lowest BCUT2D eigenvalue weighted by Gasteiger charge is -2.24. The molecule has 0 aliphatic carbocycles. The molecule has 0 spiro atoms. The highest BCUT2D eigenvalue weighted by molar-refractivity contribution is 5.97. The number of nitro benzene ring substituents is 1. The molecule has 1 aliphatic heterocycles. The van der Waals surface area contributed by atoms with Gasteiger partial charge in [-0.3, -0.25) is 14.9 Å². The monoisotopic (exact) mass is 355 g/mol. The van der Waals surface area contributed by atoms with Gasteiger partial charge in [0.2, 0.25) is 0 Å². The molecule has 0 unspecified atom stereocenters. The van der Waals surface area contributed by atoms with Crippen LogP contribution in [0, 0.1) is 10.1 Å². The normalized spacial score (nSPS) is 14.7. The maximum atomic E-state index is 12.9. The van der Waals surface area contributed by atoms with Crippen LogP contribution in [-0.4, -0.2) is 49.0 Å². The number of carbonyl (C=O) groups excluding carboxylic acids is 1. The molecule has 1 heterocycles. The summed E-state index contributed by atoms with van der Waals surface area (Å²) in [4.78, 5) is 27.5. The summed E-state index contributed by atoms with van der Waals surface area (Å²) in [5.74, 6) is 0.476. The molecule has 0 saturated carbocycles. The van der Waals surface area contributed by atoms with E-state index in [4.69, 9.17) is 4.74 Å². The van der Waals surface area contributed by atoms with Gasteiger partial charge in [0.25, 0.3) is 11.6 Å². The van der Waals surface area contributed by atoms with Crippen LogP contribution in [0.4, 0.5) is 11.4 Å². The zero-order valence-electron chi connectivity index (χ0n) is 14.6. The lowest BCUT2D eigenvalue weighted by Crippen LogP contribution is -2.35. The number of hydrogen-bond acceptors (Lipinski definition) is 5. The Morgan fingerprint density at radius 2 is 1.77 bits per heavy atom. The quantitative estimate of drug-likeness (QED) is 0.622. The molecule has 0 radical (unpaired) electrons. The number of rotatable bonds is 4. The number of nitro groups is 1. The van der Waals surface area contributed by atoms with Gasteiger partial charge in [0.05, 0.1) is 17.6 Å². The average Bonchev–Trinajstić information content (AvgIpc) is 2.93. The lowest BCUT2D eigenvalue weighted by atomic mass is 10.1. The van der Waals surface area contributed by atoms with Crippen molar-refractivity contribution in [2.45, 2.75) is 6.42 Å². The Morgan fingerprint density at radius 1 is 1.04 bits per heavy atom. The highest BCUT2D eigenvalue weighted by atomic mass is 16.6. The van der Waals surface area contributed by atoms with Crippen LogP contribution in [0.1, 0.15) is 16.8 Å². The van der Waals surface area contributed by atoms with E-state index in [1.807, 2.05) is 17.0 Å². The third-order valence-electron chi connectivity index (χ3n) is 4.54. The van der Waals surface area contributed by atoms with Crippen LogP contribution in [0.3, 0.4) is 0 Å². The summed E-state index contributed by atoms with van der Waals surface area (Å²) in [6.07, 6.45) is 0.743. The van der Waals surface area contributed by atoms with E-state index in [2.05, 4.69) is 0 Å². The van der Waals surface area contributed by atoms with Gasteiger partial charge in [0.15, 0.2) is 0 Å². The van der Waals surface area contributed by atoms with Gasteiger partial charge in [0.1, 0.15) is 11.4 Å². The van der Waals surface area contributed by atoms with Crippen LogP contribution >= 0.6 is 0 Å². The summed E-state index contributed by atoms with van der Waals surface area (Å²) in [5.41, 5.74) is 1.23. The van der Waals surface area contributed by atoms with Crippen molar-refractivity contribution in [1.82, 2.24) is 4.90 Å². The molecule has 1 amide bonds. The van der Waals surface area contributed by atoms with Gasteiger partial charge in [-0.2, -0.15) is 0 Å². The Bertz CT molecular complexity index is 809. The van der Waals surface area contributed by atoms with E-state index in [0.29, 0.717) is 43.2 Å². The molecule has 1 fully saturated rings. The summed E-state index contributed by atoms with van der Waals surface area (Å²) >= 11 is 0. The molecule has 0 N–H and O–H groups in total. The summed E-state index contributed by atoms with van der Waals surface area (Å²) in [6.45, 7) is 2.32. The standard InChI is InChI=1S/C19H21N3O4/c1-26-18-10-5-2-7-15(18)19(23)21-12-6-11-20(13-14-21)16-8-3-4-9-17(16)22(24)25/h2-5,7-10H,6,11-14H2,1H3. The zero-order valence-corrected chi connectivity index (χ0v) is 14.6. The molecule has 7 heteroatoms. The molecule has 0 aromatic heterocycles. The van der Waals surface area contributed by atoms with E-state index in [1.165, 1.54) is 6.07 Å². The highest BCUT2D eigenvalue weighted by Crippen LogP contribution is 2.28. The van der Waals surface area contributed by atoms with Crippen LogP contribution < -0.4 is 9.64 Å². The molecule has 136 valence electrons. The van der Waals surface area contributed by atoms with E-state index in [1.54, 1.807) is 42.3 Å². The van der Waals surface area contributed by atoms with E-state index in [9.17, 15) is 14.9 Å². The predicted octanol–water partition coefficient (Wildman–Crippen LogP) is 2.96. The average molecular weight is 355 g/mol. The van der Waals surface area contributed by atoms with Crippen LogP contribution in [0.2, 0.25) is 0 Å². The fourth-order valence-corrected chi connectivity index (χ4v) is 3.24. The molecule has 1 aliphatic rings. The number of para-hydroxylation sites is 3. The van der Waals surface area contributed by atoms with E-state index in [0.717, 1.165) is 6.42 Å². The summed E-state index contributed by atoms with van der Waals surface area (Å²) in [5, 5.41) is 11.3. The minimum Gasteiger partial charge on any atom is -0.496 e. The van der Waals surface area contributed by atoms with Gasteiger partial charge < -0.3 is 14.5 Å². The molecule has 2 aromatic carbocycles. The minimum absolute atomic E-state index is 0.0770. The fourth-order valence-electron chi connectivity index (χ4n) is 3.24. The van der Waals surface area contributed by atoms with E-state index in [-0.39, 0.29) is 16.5 Å². The van der Waals surface area contributed by atoms with Crippen molar-refractivity contribution in [3.05, 3.63) is 64.2 Å². The van der Waals surface area contributed by atoms with Crippen LogP contribution in [0.25, 0.3) is 0 Å². The van der Waals surface area contributed by atoms with Gasteiger partial charge in [-0.05, 0) is 24.6 Å². The largest absolute Gasteiger partial charge is 0.496 e. The van der Waals surface area contributed by atoms with Crippen molar-refractivity contribution in [2.75, 3.05) is 38.2 Å². The SMILES string of the molecule is COc1ccccc1C(=O)N1CCCN(c2ccccc2[N+](=O)[O-])CC1.